The van der Waals surface area contributed by atoms with Crippen LogP contribution in [-0.4, -0.2) is 29.6 Å². The van der Waals surface area contributed by atoms with Gasteiger partial charge in [-0.1, -0.05) is 20.8 Å². The van der Waals surface area contributed by atoms with E-state index in [1.54, 1.807) is 0 Å². The summed E-state index contributed by atoms with van der Waals surface area (Å²) in [6.07, 6.45) is 5.84. The molecule has 0 radical (unpaired) electrons. The number of aromatic nitrogens is 1. The third kappa shape index (κ3) is 2.42. The van der Waals surface area contributed by atoms with E-state index < -0.39 is 0 Å². The first-order valence-corrected chi connectivity index (χ1v) is 8.01. The van der Waals surface area contributed by atoms with Crippen LogP contribution >= 0.6 is 0 Å². The molecule has 2 heterocycles. The van der Waals surface area contributed by atoms with Gasteiger partial charge in [-0.05, 0) is 55.8 Å². The molecule has 1 aromatic rings. The number of hydrogen-bond donors (Lipinski definition) is 1. The van der Waals surface area contributed by atoms with Crippen LogP contribution in [0, 0.1) is 11.3 Å². The lowest BCUT2D eigenvalue weighted by Crippen LogP contribution is -2.39. The van der Waals surface area contributed by atoms with Crippen molar-refractivity contribution >= 4 is 0 Å². The monoisotopic (exact) mass is 275 g/mol. The van der Waals surface area contributed by atoms with Gasteiger partial charge in [-0.3, -0.25) is 0 Å². The second-order valence-corrected chi connectivity index (χ2v) is 7.87. The van der Waals surface area contributed by atoms with E-state index in [1.807, 2.05) is 0 Å². The molecular formula is C17H29N3. The molecule has 3 atom stereocenters. The normalized spacial score (nSPS) is 34.0. The molecule has 20 heavy (non-hydrogen) atoms. The lowest BCUT2D eigenvalue weighted by molar-refractivity contribution is 0.153. The van der Waals surface area contributed by atoms with Crippen molar-refractivity contribution < 1.29 is 0 Å². The van der Waals surface area contributed by atoms with Crippen LogP contribution in [0.1, 0.15) is 57.0 Å². The van der Waals surface area contributed by atoms with Crippen LogP contribution in [-0.2, 0) is 6.42 Å². The van der Waals surface area contributed by atoms with Gasteiger partial charge in [0, 0.05) is 30.5 Å². The predicted octanol–water partition coefficient (Wildman–Crippen LogP) is 2.97. The van der Waals surface area contributed by atoms with Crippen molar-refractivity contribution in [2.24, 2.45) is 17.1 Å². The summed E-state index contributed by atoms with van der Waals surface area (Å²) in [4.78, 5) is 2.45. The quantitative estimate of drug-likeness (QED) is 0.855. The molecule has 1 aliphatic heterocycles. The molecule has 1 aromatic heterocycles. The van der Waals surface area contributed by atoms with Crippen LogP contribution in [0.15, 0.2) is 12.3 Å². The van der Waals surface area contributed by atoms with Crippen LogP contribution in [0.4, 0.5) is 0 Å². The van der Waals surface area contributed by atoms with Crippen molar-refractivity contribution in [3.63, 3.8) is 0 Å². The smallest absolute Gasteiger partial charge is 0.0383 e. The van der Waals surface area contributed by atoms with Crippen LogP contribution in [0.2, 0.25) is 0 Å². The van der Waals surface area contributed by atoms with Crippen molar-refractivity contribution in [2.45, 2.75) is 52.1 Å². The molecule has 2 N–H and O–H groups in total. The lowest BCUT2D eigenvalue weighted by atomic mass is 9.74. The Kier molecular flexibility index (Phi) is 3.46. The largest absolute Gasteiger partial charge is 0.348 e. The van der Waals surface area contributed by atoms with Gasteiger partial charge >= 0.3 is 0 Å². The molecule has 0 spiro atoms. The summed E-state index contributed by atoms with van der Waals surface area (Å²) >= 11 is 0. The number of hydrogen-bond acceptors (Lipinski definition) is 2. The molecule has 2 aliphatic rings. The fourth-order valence-corrected chi connectivity index (χ4v) is 4.32. The summed E-state index contributed by atoms with van der Waals surface area (Å²) in [6, 6.07) is 3.15. The molecule has 1 aliphatic carbocycles. The Labute approximate surface area is 123 Å². The molecule has 0 saturated carbocycles. The molecule has 3 unspecified atom stereocenters. The van der Waals surface area contributed by atoms with Gasteiger partial charge in [-0.25, -0.2) is 0 Å². The third-order valence-corrected chi connectivity index (χ3v) is 5.30. The van der Waals surface area contributed by atoms with Crippen LogP contribution in [0.3, 0.4) is 0 Å². The zero-order valence-corrected chi connectivity index (χ0v) is 13.4. The van der Waals surface area contributed by atoms with Gasteiger partial charge in [-0.15, -0.1) is 0 Å². The highest BCUT2D eigenvalue weighted by molar-refractivity contribution is 5.31. The number of nitrogens with zero attached hydrogens (tertiary/aromatic N) is 2. The van der Waals surface area contributed by atoms with E-state index in [2.05, 4.69) is 49.5 Å². The Morgan fingerprint density at radius 2 is 2.10 bits per heavy atom. The maximum absolute atomic E-state index is 6.40. The number of rotatable bonds is 1. The summed E-state index contributed by atoms with van der Waals surface area (Å²) in [5.74, 6) is 0.714. The van der Waals surface area contributed by atoms with E-state index in [0.717, 1.165) is 6.42 Å². The molecule has 0 aromatic carbocycles. The Bertz CT molecular complexity index is 488. The molecule has 1 fully saturated rings. The summed E-state index contributed by atoms with van der Waals surface area (Å²) < 4.78 is 2.56. The van der Waals surface area contributed by atoms with E-state index in [4.69, 9.17) is 5.73 Å². The number of piperidine rings is 1. The van der Waals surface area contributed by atoms with Crippen molar-refractivity contribution in [1.82, 2.24) is 9.47 Å². The first-order valence-electron chi connectivity index (χ1n) is 8.01. The summed E-state index contributed by atoms with van der Waals surface area (Å²) in [6.45, 7) is 9.50. The third-order valence-electron chi connectivity index (χ3n) is 5.30. The van der Waals surface area contributed by atoms with E-state index >= 15 is 0 Å². The average molecular weight is 275 g/mol. The maximum atomic E-state index is 6.40. The Balaban J connectivity index is 1.93. The highest BCUT2D eigenvalue weighted by atomic mass is 15.1. The van der Waals surface area contributed by atoms with E-state index in [9.17, 15) is 0 Å². The van der Waals surface area contributed by atoms with Crippen molar-refractivity contribution in [1.29, 1.82) is 0 Å². The van der Waals surface area contributed by atoms with Crippen molar-refractivity contribution in [2.75, 3.05) is 20.1 Å². The van der Waals surface area contributed by atoms with Gasteiger partial charge in [0.15, 0.2) is 0 Å². The molecule has 0 amide bonds. The minimum absolute atomic E-state index is 0.219. The standard InChI is InChI=1S/C17H29N3/c1-12-11-19(4)7-6-15(12)20-8-5-13-14(18)9-17(2,3)10-16(13)20/h5,8,12,14-15H,6-7,9-11,18H2,1-4H3. The summed E-state index contributed by atoms with van der Waals surface area (Å²) in [5, 5.41) is 0. The fraction of sp³-hybridized carbons (Fsp3) is 0.765. The van der Waals surface area contributed by atoms with Gasteiger partial charge in [0.1, 0.15) is 0 Å². The number of likely N-dealkylation sites (tertiary alicyclic amines) is 1. The second-order valence-electron chi connectivity index (χ2n) is 7.87. The van der Waals surface area contributed by atoms with Crippen molar-refractivity contribution in [3.05, 3.63) is 23.5 Å². The van der Waals surface area contributed by atoms with Crippen LogP contribution < -0.4 is 5.73 Å². The zero-order valence-electron chi connectivity index (χ0n) is 13.4. The fourth-order valence-electron chi connectivity index (χ4n) is 4.32. The lowest BCUT2D eigenvalue weighted by Gasteiger charge is -2.39. The van der Waals surface area contributed by atoms with Crippen molar-refractivity contribution in [3.8, 4) is 0 Å². The minimum Gasteiger partial charge on any atom is -0.348 e. The summed E-state index contributed by atoms with van der Waals surface area (Å²) in [5.41, 5.74) is 9.64. The van der Waals surface area contributed by atoms with Gasteiger partial charge < -0.3 is 15.2 Å². The molecular weight excluding hydrogens is 246 g/mol. The first-order chi connectivity index (χ1) is 9.37. The molecule has 3 nitrogen and oxygen atoms in total. The molecule has 0 bridgehead atoms. The highest BCUT2D eigenvalue weighted by Gasteiger charge is 2.35. The van der Waals surface area contributed by atoms with E-state index in [1.165, 1.54) is 37.2 Å². The zero-order chi connectivity index (χ0) is 14.5. The SMILES string of the molecule is CC1CN(C)CCC1n1ccc2c1CC(C)(C)CC2N. The van der Waals surface area contributed by atoms with Gasteiger partial charge in [0.25, 0.3) is 0 Å². The van der Waals surface area contributed by atoms with E-state index in [0.29, 0.717) is 17.4 Å². The van der Waals surface area contributed by atoms with Crippen LogP contribution in [0.25, 0.3) is 0 Å². The number of nitrogens with two attached hydrogens (primary N) is 1. The predicted molar refractivity (Wildman–Crippen MR) is 83.8 cm³/mol. The van der Waals surface area contributed by atoms with Gasteiger partial charge in [-0.2, -0.15) is 0 Å². The average Bonchev–Trinajstić information content (AvgIpc) is 2.71. The molecule has 1 saturated heterocycles. The molecule has 3 rings (SSSR count). The molecule has 3 heteroatoms. The molecule has 112 valence electrons. The Morgan fingerprint density at radius 1 is 1.35 bits per heavy atom. The van der Waals surface area contributed by atoms with E-state index in [-0.39, 0.29) is 6.04 Å². The van der Waals surface area contributed by atoms with Crippen LogP contribution in [0.5, 0.6) is 0 Å². The summed E-state index contributed by atoms with van der Waals surface area (Å²) in [7, 11) is 2.23. The highest BCUT2D eigenvalue weighted by Crippen LogP contribution is 2.42. The van der Waals surface area contributed by atoms with Gasteiger partial charge in [0.2, 0.25) is 0 Å². The number of fused-ring (bicyclic) bond motifs is 1. The second kappa shape index (κ2) is 4.88. The Hall–Kier alpha value is -0.800. The Morgan fingerprint density at radius 3 is 2.80 bits per heavy atom. The first kappa shape index (κ1) is 14.2. The van der Waals surface area contributed by atoms with Gasteiger partial charge in [0.05, 0.1) is 0 Å². The minimum atomic E-state index is 0.219. The topological polar surface area (TPSA) is 34.2 Å². The maximum Gasteiger partial charge on any atom is 0.0383 e.